The van der Waals surface area contributed by atoms with E-state index in [1.807, 2.05) is 82.0 Å². The van der Waals surface area contributed by atoms with Crippen LogP contribution >= 0.6 is 23.2 Å². The molecular formula is C28H35Cl2NO3S. The van der Waals surface area contributed by atoms with E-state index in [0.717, 1.165) is 11.1 Å². The molecule has 1 amide bonds. The van der Waals surface area contributed by atoms with Gasteiger partial charge in [0.25, 0.3) is 0 Å². The first-order valence-electron chi connectivity index (χ1n) is 12.0. The summed E-state index contributed by atoms with van der Waals surface area (Å²) in [6.45, 7) is 13.6. The van der Waals surface area contributed by atoms with Crippen LogP contribution in [0.3, 0.4) is 0 Å². The smallest absolute Gasteiger partial charge is 0.231 e. The molecule has 0 spiro atoms. The first-order valence-corrected chi connectivity index (χ1v) is 13.9. The number of carbonyl (C=O) groups is 1. The Kier molecular flexibility index (Phi) is 9.25. The van der Waals surface area contributed by atoms with Crippen molar-refractivity contribution in [3.05, 3.63) is 82.4 Å². The Morgan fingerprint density at radius 2 is 1.77 bits per heavy atom. The summed E-state index contributed by atoms with van der Waals surface area (Å²) in [6, 6.07) is 15.0. The van der Waals surface area contributed by atoms with E-state index in [-0.39, 0.29) is 29.0 Å². The molecule has 2 aromatic carbocycles. The van der Waals surface area contributed by atoms with Crippen molar-refractivity contribution in [3.63, 3.8) is 0 Å². The minimum absolute atomic E-state index is 0.0323. The molecule has 0 bridgehead atoms. The molecule has 0 N–H and O–H groups in total. The third-order valence-corrected chi connectivity index (χ3v) is 8.25. The monoisotopic (exact) mass is 535 g/mol. The average Bonchev–Trinajstić information content (AvgIpc) is 2.80. The average molecular weight is 537 g/mol. The van der Waals surface area contributed by atoms with Gasteiger partial charge in [0.2, 0.25) is 5.91 Å². The Hall–Kier alpha value is -1.66. The van der Waals surface area contributed by atoms with Crippen molar-refractivity contribution in [1.29, 1.82) is 0 Å². The van der Waals surface area contributed by atoms with Crippen LogP contribution in [0.2, 0.25) is 10.0 Å². The van der Waals surface area contributed by atoms with E-state index in [1.165, 1.54) is 0 Å². The van der Waals surface area contributed by atoms with Crippen LogP contribution in [0.5, 0.6) is 0 Å². The number of carbonyl (C=O) groups excluding carboxylic acids is 1. The van der Waals surface area contributed by atoms with Gasteiger partial charge >= 0.3 is 0 Å². The summed E-state index contributed by atoms with van der Waals surface area (Å²) in [5, 5.41) is 1.06. The number of rotatable bonds is 9. The number of amides is 1. The van der Waals surface area contributed by atoms with E-state index >= 15 is 0 Å². The summed E-state index contributed by atoms with van der Waals surface area (Å²) >= 11 is 11.1. The van der Waals surface area contributed by atoms with Crippen LogP contribution in [0.1, 0.15) is 70.5 Å². The highest BCUT2D eigenvalue weighted by atomic mass is 35.5. The minimum Gasteiger partial charge on any atom is -0.307 e. The molecular weight excluding hydrogens is 501 g/mol. The highest BCUT2D eigenvalue weighted by Crippen LogP contribution is 2.52. The minimum atomic E-state index is -1.56. The predicted octanol–water partition coefficient (Wildman–Crippen LogP) is 7.70. The molecule has 0 aromatic heterocycles. The van der Waals surface area contributed by atoms with Crippen LogP contribution < -0.4 is 0 Å². The fraction of sp³-hybridized carbons (Fsp3) is 0.464. The largest absolute Gasteiger partial charge is 0.307 e. The summed E-state index contributed by atoms with van der Waals surface area (Å²) in [5.41, 5.74) is 1.28. The third kappa shape index (κ3) is 6.19. The van der Waals surface area contributed by atoms with Gasteiger partial charge in [0.15, 0.2) is 17.3 Å². The quantitative estimate of drug-likeness (QED) is 0.309. The van der Waals surface area contributed by atoms with Crippen LogP contribution in [0, 0.1) is 11.3 Å². The second kappa shape index (κ2) is 11.6. The van der Waals surface area contributed by atoms with Crippen LogP contribution in [0.4, 0.5) is 0 Å². The number of halogens is 2. The molecule has 1 heterocycles. The lowest BCUT2D eigenvalue weighted by Crippen LogP contribution is -2.57. The number of likely N-dealkylation sites (tertiary alicyclic amines) is 1. The molecule has 190 valence electrons. The highest BCUT2D eigenvalue weighted by Gasteiger charge is 2.52. The van der Waals surface area contributed by atoms with Crippen LogP contribution in [-0.2, 0) is 20.1 Å². The van der Waals surface area contributed by atoms with Gasteiger partial charge in [-0.3, -0.25) is 8.98 Å². The molecule has 2 unspecified atom stereocenters. The lowest BCUT2D eigenvalue weighted by molar-refractivity contribution is -0.166. The van der Waals surface area contributed by atoms with Crippen LogP contribution in [-0.4, -0.2) is 26.5 Å². The van der Waals surface area contributed by atoms with Gasteiger partial charge in [0.05, 0.1) is 16.7 Å². The van der Waals surface area contributed by atoms with Gasteiger partial charge in [-0.1, -0.05) is 74.3 Å². The Morgan fingerprint density at radius 3 is 2.31 bits per heavy atom. The molecule has 0 radical (unpaired) electrons. The van der Waals surface area contributed by atoms with Crippen LogP contribution in [0.15, 0.2) is 61.2 Å². The lowest BCUT2D eigenvalue weighted by atomic mass is 9.67. The maximum Gasteiger partial charge on any atom is 0.231 e. The Balaban J connectivity index is 2.26. The highest BCUT2D eigenvalue weighted by molar-refractivity contribution is 7.80. The van der Waals surface area contributed by atoms with E-state index in [9.17, 15) is 9.00 Å². The number of hydrogen-bond acceptors (Lipinski definition) is 3. The first kappa shape index (κ1) is 27.9. The van der Waals surface area contributed by atoms with Gasteiger partial charge in [-0.05, 0) is 68.0 Å². The van der Waals surface area contributed by atoms with Crippen molar-refractivity contribution >= 4 is 40.2 Å². The molecule has 2 aromatic rings. The predicted molar refractivity (Wildman–Crippen MR) is 146 cm³/mol. The molecule has 1 saturated heterocycles. The lowest BCUT2D eigenvalue weighted by Gasteiger charge is -2.52. The fourth-order valence-corrected chi connectivity index (χ4v) is 5.91. The summed E-state index contributed by atoms with van der Waals surface area (Å²) in [6.07, 6.45) is 2.24. The summed E-state index contributed by atoms with van der Waals surface area (Å²) in [7, 11) is 0. The Labute approximate surface area is 222 Å². The van der Waals surface area contributed by atoms with Crippen molar-refractivity contribution in [2.75, 3.05) is 0 Å². The standard InChI is InChI=1S/C28H35Cl2NO3S/c1-7-15-28(6)17-24(21-9-8-10-23(30)16-21)25(20-11-13-22(29)14-12-20)31(27(28)32)26(18(2)3)34-35(33)19(4)5/h7-14,16,18-19,24-26H,1,15,17H2,2-6H3/t24-,25?,26-,28+,35?/m1/s1. The molecule has 7 heteroatoms. The molecule has 35 heavy (non-hydrogen) atoms. The molecule has 4 nitrogen and oxygen atoms in total. The van der Waals surface area contributed by atoms with Crippen molar-refractivity contribution in [1.82, 2.24) is 4.90 Å². The van der Waals surface area contributed by atoms with E-state index < -0.39 is 22.7 Å². The molecule has 5 atom stereocenters. The molecule has 0 aliphatic carbocycles. The summed E-state index contributed by atoms with van der Waals surface area (Å²) < 4.78 is 19.0. The number of benzene rings is 2. The maximum atomic E-state index is 14.3. The second-order valence-corrected chi connectivity index (χ2v) is 12.7. The summed E-state index contributed by atoms with van der Waals surface area (Å²) in [4.78, 5) is 16.1. The molecule has 1 fully saturated rings. The topological polar surface area (TPSA) is 46.6 Å². The summed E-state index contributed by atoms with van der Waals surface area (Å²) in [5.74, 6) is -0.201. The van der Waals surface area contributed by atoms with Crippen LogP contribution in [0.25, 0.3) is 0 Å². The van der Waals surface area contributed by atoms with Gasteiger partial charge in [0.1, 0.15) is 0 Å². The van der Waals surface area contributed by atoms with Crippen molar-refractivity contribution in [3.8, 4) is 0 Å². The Bertz CT molecular complexity index is 1070. The van der Waals surface area contributed by atoms with Gasteiger partial charge in [0, 0.05) is 16.0 Å². The molecule has 3 rings (SSSR count). The molecule has 1 aliphatic heterocycles. The fourth-order valence-electron chi connectivity index (χ4n) is 4.86. The van der Waals surface area contributed by atoms with Crippen molar-refractivity contribution < 1.29 is 13.2 Å². The molecule has 1 aliphatic rings. The number of nitrogens with zero attached hydrogens (tertiary/aromatic N) is 1. The van der Waals surface area contributed by atoms with Crippen molar-refractivity contribution in [2.45, 2.75) is 70.9 Å². The second-order valence-electron chi connectivity index (χ2n) is 10.2. The number of allylic oxidation sites excluding steroid dienone is 1. The van der Waals surface area contributed by atoms with Gasteiger partial charge in [-0.25, -0.2) is 4.21 Å². The zero-order valence-corrected chi connectivity index (χ0v) is 23.4. The maximum absolute atomic E-state index is 14.3. The van der Waals surface area contributed by atoms with Gasteiger partial charge in [-0.15, -0.1) is 6.58 Å². The zero-order chi connectivity index (χ0) is 25.9. The molecule has 0 saturated carbocycles. The zero-order valence-electron chi connectivity index (χ0n) is 21.0. The van der Waals surface area contributed by atoms with Gasteiger partial charge in [-0.2, -0.15) is 0 Å². The van der Waals surface area contributed by atoms with Crippen molar-refractivity contribution in [2.24, 2.45) is 11.3 Å². The van der Waals surface area contributed by atoms with E-state index in [0.29, 0.717) is 22.9 Å². The Morgan fingerprint density at radius 1 is 1.11 bits per heavy atom. The van der Waals surface area contributed by atoms with E-state index in [2.05, 4.69) is 12.6 Å². The van der Waals surface area contributed by atoms with E-state index in [4.69, 9.17) is 27.4 Å². The number of hydrogen-bond donors (Lipinski definition) is 0. The normalized spacial score (nSPS) is 24.6. The third-order valence-electron chi connectivity index (χ3n) is 6.61. The first-order chi connectivity index (χ1) is 16.5. The van der Waals surface area contributed by atoms with E-state index in [1.54, 1.807) is 6.08 Å². The van der Waals surface area contributed by atoms with Gasteiger partial charge < -0.3 is 4.90 Å². The number of piperidine rings is 1. The SMILES string of the molecule is C=CC[C@@]1(C)C[C@H](c2cccc(Cl)c2)C(c2ccc(Cl)cc2)N([C@H](OS(=O)C(C)C)C(C)C)C1=O.